The molecule has 1 atom stereocenters. The van der Waals surface area contributed by atoms with Gasteiger partial charge >= 0.3 is 0 Å². The first kappa shape index (κ1) is 12.3. The van der Waals surface area contributed by atoms with E-state index in [0.29, 0.717) is 0 Å². The third-order valence-electron chi connectivity index (χ3n) is 2.67. The molecule has 2 aromatic rings. The second kappa shape index (κ2) is 4.58. The lowest BCUT2D eigenvalue weighted by Crippen LogP contribution is -2.03. The fourth-order valence-corrected chi connectivity index (χ4v) is 1.86. The molecule has 0 aliphatic heterocycles. The number of hydrogen-bond acceptors (Lipinski definition) is 3. The summed E-state index contributed by atoms with van der Waals surface area (Å²) in [5.41, 5.74) is 2.75. The molecule has 0 amide bonds. The maximum Gasteiger partial charge on any atom is 0.153 e. The minimum absolute atomic E-state index is 0.497. The molecule has 2 heterocycles. The van der Waals surface area contributed by atoms with Crippen LogP contribution in [0.4, 0.5) is 0 Å². The highest BCUT2D eigenvalue weighted by Crippen LogP contribution is 2.22. The monoisotopic (exact) mass is 295 g/mol. The average Bonchev–Trinajstić information content (AvgIpc) is 2.57. The normalized spacial score (nSPS) is 12.8. The van der Waals surface area contributed by atoms with Crippen LogP contribution in [0.5, 0.6) is 0 Å². The van der Waals surface area contributed by atoms with Gasteiger partial charge in [-0.3, -0.25) is 0 Å². The molecule has 0 bridgehead atoms. The highest BCUT2D eigenvalue weighted by molar-refractivity contribution is 9.10. The number of nitrogens with zero attached hydrogens (tertiary/aromatic N) is 3. The van der Waals surface area contributed by atoms with Crippen molar-refractivity contribution in [3.05, 3.63) is 39.8 Å². The number of aliphatic hydroxyl groups is 1. The minimum Gasteiger partial charge on any atom is -0.389 e. The second-order valence-corrected chi connectivity index (χ2v) is 4.82. The van der Waals surface area contributed by atoms with E-state index in [1.54, 1.807) is 17.8 Å². The van der Waals surface area contributed by atoms with Gasteiger partial charge in [-0.05, 0) is 48.3 Å². The summed E-state index contributed by atoms with van der Waals surface area (Å²) < 4.78 is 2.78. The highest BCUT2D eigenvalue weighted by Gasteiger charge is 2.11. The van der Waals surface area contributed by atoms with Gasteiger partial charge < -0.3 is 5.11 Å². The first-order valence-corrected chi connectivity index (χ1v) is 6.16. The van der Waals surface area contributed by atoms with Gasteiger partial charge in [-0.1, -0.05) is 6.07 Å². The van der Waals surface area contributed by atoms with Crippen LogP contribution in [0.25, 0.3) is 5.82 Å². The molecule has 0 saturated heterocycles. The van der Waals surface area contributed by atoms with E-state index in [9.17, 15) is 5.11 Å². The third kappa shape index (κ3) is 2.25. The van der Waals surface area contributed by atoms with Crippen molar-refractivity contribution in [3.63, 3.8) is 0 Å². The van der Waals surface area contributed by atoms with Crippen LogP contribution < -0.4 is 0 Å². The van der Waals surface area contributed by atoms with E-state index in [0.717, 1.165) is 27.2 Å². The summed E-state index contributed by atoms with van der Waals surface area (Å²) in [6, 6.07) is 3.71. The quantitative estimate of drug-likeness (QED) is 0.927. The lowest BCUT2D eigenvalue weighted by atomic mass is 10.2. The van der Waals surface area contributed by atoms with Crippen LogP contribution in [0.3, 0.4) is 0 Å². The number of halogens is 1. The third-order valence-corrected chi connectivity index (χ3v) is 3.82. The number of rotatable bonds is 2. The molecule has 0 aliphatic carbocycles. The van der Waals surface area contributed by atoms with Crippen molar-refractivity contribution in [2.75, 3.05) is 0 Å². The standard InChI is InChI=1S/C12H14BrN3O/c1-7-12(13)8(2)16(15-7)11-5-4-10(6-14-11)9(3)17/h4-6,9,17H,1-3H3/t9-/m0/s1. The molecule has 0 spiro atoms. The van der Waals surface area contributed by atoms with Gasteiger partial charge in [0.15, 0.2) is 5.82 Å². The van der Waals surface area contributed by atoms with Gasteiger partial charge in [-0.2, -0.15) is 5.10 Å². The number of hydrogen-bond donors (Lipinski definition) is 1. The molecule has 0 unspecified atom stereocenters. The maximum atomic E-state index is 9.42. The lowest BCUT2D eigenvalue weighted by molar-refractivity contribution is 0.199. The van der Waals surface area contributed by atoms with E-state index >= 15 is 0 Å². The van der Waals surface area contributed by atoms with E-state index in [-0.39, 0.29) is 0 Å². The molecule has 2 aromatic heterocycles. The molecule has 5 heteroatoms. The Balaban J connectivity index is 2.43. The molecule has 4 nitrogen and oxygen atoms in total. The summed E-state index contributed by atoms with van der Waals surface area (Å²) in [6.07, 6.45) is 1.17. The zero-order chi connectivity index (χ0) is 12.6. The van der Waals surface area contributed by atoms with Gasteiger partial charge in [0.2, 0.25) is 0 Å². The van der Waals surface area contributed by atoms with E-state index in [4.69, 9.17) is 0 Å². The zero-order valence-electron chi connectivity index (χ0n) is 9.98. The zero-order valence-corrected chi connectivity index (χ0v) is 11.6. The van der Waals surface area contributed by atoms with Gasteiger partial charge in [0.25, 0.3) is 0 Å². The Morgan fingerprint density at radius 3 is 2.47 bits per heavy atom. The van der Waals surface area contributed by atoms with Crippen LogP contribution in [-0.4, -0.2) is 19.9 Å². The Labute approximate surface area is 108 Å². The molecule has 2 rings (SSSR count). The van der Waals surface area contributed by atoms with E-state index in [1.807, 2.05) is 26.0 Å². The van der Waals surface area contributed by atoms with Crippen molar-refractivity contribution in [3.8, 4) is 5.82 Å². The number of aliphatic hydroxyl groups excluding tert-OH is 1. The largest absolute Gasteiger partial charge is 0.389 e. The van der Waals surface area contributed by atoms with Crippen LogP contribution in [0.2, 0.25) is 0 Å². The van der Waals surface area contributed by atoms with Crippen LogP contribution in [0.15, 0.2) is 22.8 Å². The first-order chi connectivity index (χ1) is 8.00. The molecule has 0 radical (unpaired) electrons. The van der Waals surface area contributed by atoms with Crippen molar-refractivity contribution >= 4 is 15.9 Å². The summed E-state index contributed by atoms with van der Waals surface area (Å²) in [6.45, 7) is 5.64. The van der Waals surface area contributed by atoms with Crippen molar-refractivity contribution < 1.29 is 5.11 Å². The topological polar surface area (TPSA) is 50.9 Å². The summed E-state index contributed by atoms with van der Waals surface area (Å²) in [5, 5.41) is 13.8. The number of aromatic nitrogens is 3. The van der Waals surface area contributed by atoms with E-state index in [2.05, 4.69) is 26.0 Å². The van der Waals surface area contributed by atoms with Crippen molar-refractivity contribution in [1.82, 2.24) is 14.8 Å². The van der Waals surface area contributed by atoms with Gasteiger partial charge in [-0.15, -0.1) is 0 Å². The van der Waals surface area contributed by atoms with Crippen LogP contribution >= 0.6 is 15.9 Å². The van der Waals surface area contributed by atoms with Crippen molar-refractivity contribution in [1.29, 1.82) is 0 Å². The number of aryl methyl sites for hydroxylation is 1. The highest BCUT2D eigenvalue weighted by atomic mass is 79.9. The minimum atomic E-state index is -0.497. The van der Waals surface area contributed by atoms with Crippen LogP contribution in [0.1, 0.15) is 30.0 Å². The maximum absolute atomic E-state index is 9.42. The fraction of sp³-hybridized carbons (Fsp3) is 0.333. The van der Waals surface area contributed by atoms with Gasteiger partial charge in [0, 0.05) is 6.20 Å². The molecule has 0 fully saturated rings. The number of pyridine rings is 1. The van der Waals surface area contributed by atoms with Crippen molar-refractivity contribution in [2.45, 2.75) is 26.9 Å². The Hall–Kier alpha value is -1.20. The first-order valence-electron chi connectivity index (χ1n) is 5.37. The molecule has 0 saturated carbocycles. The average molecular weight is 296 g/mol. The van der Waals surface area contributed by atoms with Gasteiger partial charge in [-0.25, -0.2) is 9.67 Å². The second-order valence-electron chi connectivity index (χ2n) is 4.02. The Morgan fingerprint density at radius 2 is 2.06 bits per heavy atom. The summed E-state index contributed by atoms with van der Waals surface area (Å²) >= 11 is 3.48. The molecule has 0 aromatic carbocycles. The molecule has 1 N–H and O–H groups in total. The fourth-order valence-electron chi connectivity index (χ4n) is 1.62. The van der Waals surface area contributed by atoms with Crippen LogP contribution in [0, 0.1) is 13.8 Å². The van der Waals surface area contributed by atoms with Crippen LogP contribution in [-0.2, 0) is 0 Å². The Bertz CT molecular complexity index is 531. The van der Waals surface area contributed by atoms with E-state index in [1.165, 1.54) is 0 Å². The molecule has 17 heavy (non-hydrogen) atoms. The molecule has 0 aliphatic rings. The predicted molar refractivity (Wildman–Crippen MR) is 69.2 cm³/mol. The summed E-state index contributed by atoms with van der Waals surface area (Å²) in [7, 11) is 0. The SMILES string of the molecule is Cc1nn(-c2ccc([C@H](C)O)cn2)c(C)c1Br. The van der Waals surface area contributed by atoms with E-state index < -0.39 is 6.10 Å². The Kier molecular flexibility index (Phi) is 3.31. The Morgan fingerprint density at radius 1 is 1.35 bits per heavy atom. The molecular weight excluding hydrogens is 282 g/mol. The van der Waals surface area contributed by atoms with Crippen molar-refractivity contribution in [2.24, 2.45) is 0 Å². The predicted octanol–water partition coefficient (Wildman–Crippen LogP) is 2.70. The lowest BCUT2D eigenvalue weighted by Gasteiger charge is -2.06. The summed E-state index contributed by atoms with van der Waals surface area (Å²) in [5.74, 6) is 0.751. The molecule has 90 valence electrons. The smallest absolute Gasteiger partial charge is 0.153 e. The van der Waals surface area contributed by atoms with Gasteiger partial charge in [0.1, 0.15) is 0 Å². The molecular formula is C12H14BrN3O. The summed E-state index contributed by atoms with van der Waals surface area (Å²) in [4.78, 5) is 4.31. The van der Waals surface area contributed by atoms with Gasteiger partial charge in [0.05, 0.1) is 22.0 Å².